The Morgan fingerprint density at radius 1 is 1.45 bits per heavy atom. The lowest BCUT2D eigenvalue weighted by Gasteiger charge is -2.22. The van der Waals surface area contributed by atoms with Gasteiger partial charge in [-0.05, 0) is 24.1 Å². The lowest BCUT2D eigenvalue weighted by Crippen LogP contribution is -2.08. The van der Waals surface area contributed by atoms with E-state index in [9.17, 15) is 10.1 Å². The lowest BCUT2D eigenvalue weighted by atomic mass is 9.92. The van der Waals surface area contributed by atoms with Crippen LogP contribution in [-0.2, 0) is 6.61 Å². The highest BCUT2D eigenvalue weighted by Crippen LogP contribution is 2.42. The van der Waals surface area contributed by atoms with Crippen molar-refractivity contribution in [1.82, 2.24) is 4.98 Å². The second-order valence-electron chi connectivity index (χ2n) is 4.73. The van der Waals surface area contributed by atoms with E-state index in [1.165, 1.54) is 6.07 Å². The number of nitro groups is 1. The van der Waals surface area contributed by atoms with Gasteiger partial charge in [0.05, 0.1) is 11.1 Å². The average molecular weight is 268 g/mol. The predicted molar refractivity (Wildman–Crippen MR) is 75.4 cm³/mol. The summed E-state index contributed by atoms with van der Waals surface area (Å²) in [6.45, 7) is 6.16. The van der Waals surface area contributed by atoms with Crippen molar-refractivity contribution in [2.45, 2.75) is 13.5 Å². The molecule has 5 nitrogen and oxygen atoms in total. The molecule has 0 saturated carbocycles. The van der Waals surface area contributed by atoms with Gasteiger partial charge in [-0.3, -0.25) is 15.1 Å². The van der Waals surface area contributed by atoms with Crippen molar-refractivity contribution < 1.29 is 9.66 Å². The summed E-state index contributed by atoms with van der Waals surface area (Å²) in [6.07, 6.45) is 3.40. The van der Waals surface area contributed by atoms with Crippen molar-refractivity contribution in [1.29, 1.82) is 0 Å². The van der Waals surface area contributed by atoms with Gasteiger partial charge in [0.15, 0.2) is 0 Å². The van der Waals surface area contributed by atoms with E-state index in [1.807, 2.05) is 6.92 Å². The molecule has 0 atom stereocenters. The van der Waals surface area contributed by atoms with E-state index in [1.54, 1.807) is 24.5 Å². The molecule has 1 aromatic carbocycles. The molecule has 5 heteroatoms. The number of nitrogens with zero attached hydrogens (tertiary/aromatic N) is 2. The number of hydrogen-bond acceptors (Lipinski definition) is 4. The monoisotopic (exact) mass is 268 g/mol. The number of allylic oxidation sites excluding steroid dienone is 1. The summed E-state index contributed by atoms with van der Waals surface area (Å²) >= 11 is 0. The molecule has 2 aromatic rings. The Morgan fingerprint density at radius 3 is 2.95 bits per heavy atom. The molecule has 100 valence electrons. The van der Waals surface area contributed by atoms with Crippen LogP contribution in [0.1, 0.15) is 18.1 Å². The third kappa shape index (κ3) is 1.84. The number of hydrogen-bond donors (Lipinski definition) is 0. The average Bonchev–Trinajstić information content (AvgIpc) is 2.45. The molecule has 0 unspecified atom stereocenters. The van der Waals surface area contributed by atoms with E-state index in [2.05, 4.69) is 11.6 Å². The minimum absolute atomic E-state index is 0.0710. The van der Waals surface area contributed by atoms with Crippen LogP contribution in [0.2, 0.25) is 0 Å². The number of benzene rings is 1. The molecule has 1 aliphatic heterocycles. The normalized spacial score (nSPS) is 12.1. The van der Waals surface area contributed by atoms with Crippen molar-refractivity contribution in [3.05, 3.63) is 58.4 Å². The Hall–Kier alpha value is -2.69. The van der Waals surface area contributed by atoms with E-state index in [-0.39, 0.29) is 5.69 Å². The molecule has 0 aliphatic carbocycles. The smallest absolute Gasteiger partial charge is 0.269 e. The van der Waals surface area contributed by atoms with Crippen LogP contribution in [0.3, 0.4) is 0 Å². The fourth-order valence-corrected chi connectivity index (χ4v) is 2.36. The predicted octanol–water partition coefficient (Wildman–Crippen LogP) is 3.58. The van der Waals surface area contributed by atoms with Crippen molar-refractivity contribution in [3.63, 3.8) is 0 Å². The van der Waals surface area contributed by atoms with Gasteiger partial charge in [-0.1, -0.05) is 6.58 Å². The first kappa shape index (κ1) is 12.3. The number of pyridine rings is 1. The quantitative estimate of drug-likeness (QED) is 0.616. The zero-order valence-electron chi connectivity index (χ0n) is 10.9. The van der Waals surface area contributed by atoms with Gasteiger partial charge >= 0.3 is 0 Å². The number of aromatic nitrogens is 1. The maximum Gasteiger partial charge on any atom is 0.269 e. The SMILES string of the molecule is C=C(C)c1cncc2c1-c1ccc([N+](=O)[O-])cc1CO2. The first-order valence-corrected chi connectivity index (χ1v) is 6.12. The highest BCUT2D eigenvalue weighted by Gasteiger charge is 2.23. The summed E-state index contributed by atoms with van der Waals surface area (Å²) in [5, 5.41) is 10.8. The van der Waals surface area contributed by atoms with Crippen LogP contribution in [0.15, 0.2) is 37.2 Å². The van der Waals surface area contributed by atoms with E-state index >= 15 is 0 Å². The van der Waals surface area contributed by atoms with Gasteiger partial charge in [0.2, 0.25) is 0 Å². The van der Waals surface area contributed by atoms with Crippen molar-refractivity contribution in [2.24, 2.45) is 0 Å². The van der Waals surface area contributed by atoms with Gasteiger partial charge in [0, 0.05) is 35.0 Å². The van der Waals surface area contributed by atoms with E-state index < -0.39 is 4.92 Å². The van der Waals surface area contributed by atoms with E-state index in [0.29, 0.717) is 12.4 Å². The number of non-ortho nitro benzene ring substituents is 1. The maximum absolute atomic E-state index is 10.8. The van der Waals surface area contributed by atoms with Gasteiger partial charge in [0.1, 0.15) is 12.4 Å². The molecule has 0 saturated heterocycles. The molecule has 0 radical (unpaired) electrons. The Morgan fingerprint density at radius 2 is 2.25 bits per heavy atom. The second kappa shape index (κ2) is 4.45. The zero-order valence-corrected chi connectivity index (χ0v) is 10.9. The van der Waals surface area contributed by atoms with Gasteiger partial charge in [0.25, 0.3) is 5.69 Å². The summed E-state index contributed by atoms with van der Waals surface area (Å²) in [5.74, 6) is 0.687. The topological polar surface area (TPSA) is 65.3 Å². The van der Waals surface area contributed by atoms with Crippen LogP contribution >= 0.6 is 0 Å². The summed E-state index contributed by atoms with van der Waals surface area (Å²) in [7, 11) is 0. The molecule has 0 fully saturated rings. The number of nitro benzene ring substituents is 1. The van der Waals surface area contributed by atoms with Crippen LogP contribution in [0.25, 0.3) is 16.7 Å². The number of fused-ring (bicyclic) bond motifs is 3. The summed E-state index contributed by atoms with van der Waals surface area (Å²) < 4.78 is 5.65. The minimum Gasteiger partial charge on any atom is -0.487 e. The standard InChI is InChI=1S/C15H12N2O3/c1-9(2)13-6-16-7-14-15(13)12-4-3-11(17(18)19)5-10(12)8-20-14/h3-7H,1,8H2,2H3. The Kier molecular flexibility index (Phi) is 2.75. The largest absolute Gasteiger partial charge is 0.487 e. The molecule has 2 heterocycles. The molecule has 1 aliphatic rings. The summed E-state index contributed by atoms with van der Waals surface area (Å²) in [4.78, 5) is 14.6. The van der Waals surface area contributed by atoms with Crippen LogP contribution in [-0.4, -0.2) is 9.91 Å². The Bertz CT molecular complexity index is 738. The Labute approximate surface area is 115 Å². The van der Waals surface area contributed by atoms with Crippen molar-refractivity contribution in [2.75, 3.05) is 0 Å². The van der Waals surface area contributed by atoms with Crippen molar-refractivity contribution >= 4 is 11.3 Å². The first-order valence-electron chi connectivity index (χ1n) is 6.12. The molecule has 20 heavy (non-hydrogen) atoms. The first-order chi connectivity index (χ1) is 9.58. The number of ether oxygens (including phenoxy) is 1. The third-order valence-corrected chi connectivity index (χ3v) is 3.32. The molecule has 0 amide bonds. The fraction of sp³-hybridized carbons (Fsp3) is 0.133. The van der Waals surface area contributed by atoms with Crippen LogP contribution in [0.4, 0.5) is 5.69 Å². The molecule has 0 spiro atoms. The molecular weight excluding hydrogens is 256 g/mol. The maximum atomic E-state index is 10.8. The highest BCUT2D eigenvalue weighted by molar-refractivity contribution is 5.86. The molecule has 0 N–H and O–H groups in total. The summed E-state index contributed by atoms with van der Waals surface area (Å²) in [5.41, 5.74) is 4.50. The number of rotatable bonds is 2. The second-order valence-corrected chi connectivity index (χ2v) is 4.73. The zero-order chi connectivity index (χ0) is 14.3. The van der Waals surface area contributed by atoms with Crippen LogP contribution in [0.5, 0.6) is 5.75 Å². The molecule has 0 bridgehead atoms. The molecule has 1 aromatic heterocycles. The van der Waals surface area contributed by atoms with Gasteiger partial charge in [-0.2, -0.15) is 0 Å². The van der Waals surface area contributed by atoms with Crippen LogP contribution < -0.4 is 4.74 Å². The highest BCUT2D eigenvalue weighted by atomic mass is 16.6. The van der Waals surface area contributed by atoms with Gasteiger partial charge in [-0.15, -0.1) is 0 Å². The van der Waals surface area contributed by atoms with Crippen molar-refractivity contribution in [3.8, 4) is 16.9 Å². The van der Waals surface area contributed by atoms with Crippen LogP contribution in [0, 0.1) is 10.1 Å². The van der Waals surface area contributed by atoms with Gasteiger partial charge in [-0.25, -0.2) is 0 Å². The fourth-order valence-electron chi connectivity index (χ4n) is 2.36. The minimum atomic E-state index is -0.401. The van der Waals surface area contributed by atoms with E-state index in [0.717, 1.165) is 27.8 Å². The van der Waals surface area contributed by atoms with E-state index in [4.69, 9.17) is 4.74 Å². The van der Waals surface area contributed by atoms with Gasteiger partial charge < -0.3 is 4.74 Å². The summed E-state index contributed by atoms with van der Waals surface area (Å²) in [6, 6.07) is 4.83. The third-order valence-electron chi connectivity index (χ3n) is 3.32. The molecular formula is C15H12N2O3. The lowest BCUT2D eigenvalue weighted by molar-refractivity contribution is -0.384. The molecule has 3 rings (SSSR count). The Balaban J connectivity index is 2.25.